The summed E-state index contributed by atoms with van der Waals surface area (Å²) in [5.74, 6) is -0.833. The van der Waals surface area contributed by atoms with Gasteiger partial charge in [-0.15, -0.1) is 0 Å². The highest BCUT2D eigenvalue weighted by Crippen LogP contribution is 2.01. The van der Waals surface area contributed by atoms with Crippen LogP contribution in [-0.4, -0.2) is 22.8 Å². The van der Waals surface area contributed by atoms with E-state index in [0.717, 1.165) is 32.6 Å². The third-order valence-electron chi connectivity index (χ3n) is 2.55. The van der Waals surface area contributed by atoms with Crippen molar-refractivity contribution in [3.05, 3.63) is 36.5 Å². The van der Waals surface area contributed by atoms with E-state index < -0.39 is 5.97 Å². The Morgan fingerprint density at radius 2 is 1.33 bits per heavy atom. The Bertz CT molecular complexity index is 287. The fourth-order valence-corrected chi connectivity index (χ4v) is 1.50. The molecule has 0 fully saturated rings. The number of allylic oxidation sites excluding steroid dienone is 6. The summed E-state index contributed by atoms with van der Waals surface area (Å²) in [6, 6.07) is 0. The van der Waals surface area contributed by atoms with E-state index in [0.29, 0.717) is 0 Å². The summed E-state index contributed by atoms with van der Waals surface area (Å²) in [7, 11) is 0. The van der Waals surface area contributed by atoms with Crippen LogP contribution in [0.5, 0.6) is 0 Å². The Kier molecular flexibility index (Phi) is 21.9. The van der Waals surface area contributed by atoms with Crippen LogP contribution in [0.15, 0.2) is 36.5 Å². The number of unbranched alkanes of at least 4 members (excludes halogenated alkanes) is 5. The molecule has 0 aromatic carbocycles. The van der Waals surface area contributed by atoms with Crippen molar-refractivity contribution in [2.75, 3.05) is 6.61 Å². The van der Waals surface area contributed by atoms with Crippen LogP contribution in [0.3, 0.4) is 0 Å². The van der Waals surface area contributed by atoms with Gasteiger partial charge in [-0.05, 0) is 38.5 Å². The molecule has 3 heteroatoms. The first kappa shape index (κ1) is 21.9. The van der Waals surface area contributed by atoms with Crippen LogP contribution in [-0.2, 0) is 4.79 Å². The van der Waals surface area contributed by atoms with Gasteiger partial charge in [-0.1, -0.05) is 56.2 Å². The van der Waals surface area contributed by atoms with Gasteiger partial charge in [-0.2, -0.15) is 0 Å². The van der Waals surface area contributed by atoms with Gasteiger partial charge in [0.05, 0.1) is 0 Å². The van der Waals surface area contributed by atoms with Crippen molar-refractivity contribution < 1.29 is 15.0 Å². The fourth-order valence-electron chi connectivity index (χ4n) is 1.50. The van der Waals surface area contributed by atoms with Crippen molar-refractivity contribution in [1.29, 1.82) is 0 Å². The van der Waals surface area contributed by atoms with Gasteiger partial charge in [0.15, 0.2) is 0 Å². The van der Waals surface area contributed by atoms with Gasteiger partial charge in [0.2, 0.25) is 0 Å². The maximum Gasteiger partial charge on any atom is 0.300 e. The largest absolute Gasteiger partial charge is 0.481 e. The van der Waals surface area contributed by atoms with Crippen LogP contribution in [0.2, 0.25) is 0 Å². The normalized spacial score (nSPS) is 11.2. The molecule has 0 atom stereocenters. The molecule has 0 unspecified atom stereocenters. The first-order valence-corrected chi connectivity index (χ1v) is 7.92. The average molecular weight is 296 g/mol. The van der Waals surface area contributed by atoms with Crippen LogP contribution in [0.4, 0.5) is 0 Å². The van der Waals surface area contributed by atoms with Gasteiger partial charge in [-0.25, -0.2) is 0 Å². The van der Waals surface area contributed by atoms with Crippen molar-refractivity contribution in [2.45, 2.75) is 65.2 Å². The van der Waals surface area contributed by atoms with E-state index in [1.54, 1.807) is 0 Å². The van der Waals surface area contributed by atoms with E-state index in [-0.39, 0.29) is 6.61 Å². The van der Waals surface area contributed by atoms with E-state index in [2.05, 4.69) is 43.4 Å². The lowest BCUT2D eigenvalue weighted by atomic mass is 10.2. The van der Waals surface area contributed by atoms with Crippen LogP contribution < -0.4 is 0 Å². The number of carbonyl (C=O) groups is 1. The van der Waals surface area contributed by atoms with Gasteiger partial charge >= 0.3 is 0 Å². The molecule has 0 aliphatic rings. The molecular formula is C18H32O3. The number of hydrogen-bond donors (Lipinski definition) is 2. The molecule has 3 nitrogen and oxygen atoms in total. The zero-order chi connectivity index (χ0) is 16.2. The minimum absolute atomic E-state index is 0.289. The molecule has 2 N–H and O–H groups in total. The highest BCUT2D eigenvalue weighted by Gasteiger charge is 1.81. The molecule has 0 bridgehead atoms. The second kappa shape index (κ2) is 21.0. The Morgan fingerprint density at radius 3 is 1.90 bits per heavy atom. The van der Waals surface area contributed by atoms with Crippen molar-refractivity contribution >= 4 is 5.97 Å². The highest BCUT2D eigenvalue weighted by atomic mass is 16.4. The molecule has 0 saturated carbocycles. The molecule has 0 heterocycles. The molecule has 0 saturated heterocycles. The summed E-state index contributed by atoms with van der Waals surface area (Å²) in [5, 5.41) is 16.0. The van der Waals surface area contributed by atoms with Crippen molar-refractivity contribution in [3.63, 3.8) is 0 Å². The summed E-state index contributed by atoms with van der Waals surface area (Å²) in [4.78, 5) is 9.00. The molecule has 0 radical (unpaired) electrons. The van der Waals surface area contributed by atoms with Crippen LogP contribution in [0, 0.1) is 0 Å². The summed E-state index contributed by atoms with van der Waals surface area (Å²) >= 11 is 0. The summed E-state index contributed by atoms with van der Waals surface area (Å²) in [6.45, 7) is 3.61. The van der Waals surface area contributed by atoms with Gasteiger partial charge < -0.3 is 10.2 Å². The molecule has 0 spiro atoms. The number of aliphatic carboxylic acids is 1. The highest BCUT2D eigenvalue weighted by molar-refractivity contribution is 5.62. The zero-order valence-corrected chi connectivity index (χ0v) is 13.6. The van der Waals surface area contributed by atoms with Crippen LogP contribution >= 0.6 is 0 Å². The number of aliphatic hydroxyl groups excluding tert-OH is 1. The number of rotatable bonds is 11. The molecule has 0 aromatic rings. The van der Waals surface area contributed by atoms with Crippen LogP contribution in [0.25, 0.3) is 0 Å². The Balaban J connectivity index is 0. The molecule has 0 amide bonds. The first-order valence-electron chi connectivity index (χ1n) is 7.92. The van der Waals surface area contributed by atoms with E-state index in [9.17, 15) is 0 Å². The predicted octanol–water partition coefficient (Wildman–Crippen LogP) is 4.88. The van der Waals surface area contributed by atoms with E-state index >= 15 is 0 Å². The van der Waals surface area contributed by atoms with Gasteiger partial charge in [0.25, 0.3) is 5.97 Å². The minimum atomic E-state index is -0.833. The van der Waals surface area contributed by atoms with Crippen molar-refractivity contribution in [1.82, 2.24) is 0 Å². The number of carboxylic acids is 1. The summed E-state index contributed by atoms with van der Waals surface area (Å²) in [6.07, 6.45) is 22.4. The molecule has 0 rings (SSSR count). The number of hydrogen-bond acceptors (Lipinski definition) is 2. The summed E-state index contributed by atoms with van der Waals surface area (Å²) in [5.41, 5.74) is 0. The Morgan fingerprint density at radius 1 is 0.857 bits per heavy atom. The maximum atomic E-state index is 9.00. The molecule has 122 valence electrons. The van der Waals surface area contributed by atoms with Crippen LogP contribution in [0.1, 0.15) is 65.2 Å². The van der Waals surface area contributed by atoms with Gasteiger partial charge in [0, 0.05) is 13.5 Å². The monoisotopic (exact) mass is 296 g/mol. The molecular weight excluding hydrogens is 264 g/mol. The lowest BCUT2D eigenvalue weighted by Gasteiger charge is -1.91. The summed E-state index contributed by atoms with van der Waals surface area (Å²) < 4.78 is 0. The first-order chi connectivity index (χ1) is 10.1. The third kappa shape index (κ3) is 32.3. The molecule has 0 aliphatic heterocycles. The smallest absolute Gasteiger partial charge is 0.300 e. The molecule has 21 heavy (non-hydrogen) atoms. The molecule has 0 aliphatic carbocycles. The van der Waals surface area contributed by atoms with E-state index in [4.69, 9.17) is 15.0 Å². The fraction of sp³-hybridized carbons (Fsp3) is 0.611. The second-order valence-corrected chi connectivity index (χ2v) is 4.79. The standard InChI is InChI=1S/C16H28O.C2H4O2/c1-2-3-4-5-6-7-8-9-10-11-12-13-14-15-16-17;1-2(3)4/h6-7,10-13,17H,2-5,8-9,14-16H2,1H3;1H3,(H,3,4)/b7-6+,11-10+,13-12+;. The Labute approximate surface area is 130 Å². The van der Waals surface area contributed by atoms with E-state index in [1.807, 2.05) is 0 Å². The lowest BCUT2D eigenvalue weighted by molar-refractivity contribution is -0.134. The topological polar surface area (TPSA) is 57.5 Å². The molecule has 0 aromatic heterocycles. The van der Waals surface area contributed by atoms with Crippen molar-refractivity contribution in [3.8, 4) is 0 Å². The minimum Gasteiger partial charge on any atom is -0.481 e. The van der Waals surface area contributed by atoms with Gasteiger partial charge in [-0.3, -0.25) is 4.79 Å². The van der Waals surface area contributed by atoms with Crippen molar-refractivity contribution in [2.24, 2.45) is 0 Å². The SMILES string of the molecule is CC(=O)O.CCCCC/C=C/CC/C=C/C=C/CCCO. The maximum absolute atomic E-state index is 9.00. The van der Waals surface area contributed by atoms with Gasteiger partial charge in [0.1, 0.15) is 0 Å². The average Bonchev–Trinajstić information content (AvgIpc) is 2.43. The predicted molar refractivity (Wildman–Crippen MR) is 90.4 cm³/mol. The second-order valence-electron chi connectivity index (χ2n) is 4.79. The Hall–Kier alpha value is -1.35. The quantitative estimate of drug-likeness (QED) is 0.324. The number of carboxylic acid groups (broad SMARTS) is 1. The number of aliphatic hydroxyl groups is 1. The third-order valence-corrected chi connectivity index (χ3v) is 2.55. The lowest BCUT2D eigenvalue weighted by Crippen LogP contribution is -1.78. The van der Waals surface area contributed by atoms with E-state index in [1.165, 1.54) is 25.7 Å². The zero-order valence-electron chi connectivity index (χ0n) is 13.6.